The number of halogens is 1. The number of carbonyl (C=O) groups excluding carboxylic acids is 1. The Morgan fingerprint density at radius 3 is 2.48 bits per heavy atom. The molecule has 1 amide bonds. The molecular weight excluding hydrogens is 312 g/mol. The molecule has 1 aromatic carbocycles. The lowest BCUT2D eigenvalue weighted by atomic mass is 9.96. The van der Waals surface area contributed by atoms with Crippen molar-refractivity contribution in [3.63, 3.8) is 0 Å². The molecule has 1 unspecified atom stereocenters. The Morgan fingerprint density at radius 1 is 1.30 bits per heavy atom. The predicted octanol–water partition coefficient (Wildman–Crippen LogP) is 4.02. The molecular formula is C18H29ClN2O2. The highest BCUT2D eigenvalue weighted by atomic mass is 35.5. The lowest BCUT2D eigenvalue weighted by molar-refractivity contribution is -0.120. The van der Waals surface area contributed by atoms with Crippen LogP contribution >= 0.6 is 12.4 Å². The van der Waals surface area contributed by atoms with Crippen LogP contribution in [0.3, 0.4) is 0 Å². The average molecular weight is 341 g/mol. The van der Waals surface area contributed by atoms with E-state index in [1.807, 2.05) is 31.2 Å². The Balaban J connectivity index is 0.00000264. The lowest BCUT2D eigenvalue weighted by Gasteiger charge is -2.22. The zero-order valence-corrected chi connectivity index (χ0v) is 15.0. The van der Waals surface area contributed by atoms with E-state index in [4.69, 9.17) is 10.5 Å². The Hall–Kier alpha value is -1.10. The van der Waals surface area contributed by atoms with Crippen LogP contribution in [0, 0.1) is 0 Å². The number of carbonyl (C=O) groups is 1. The summed E-state index contributed by atoms with van der Waals surface area (Å²) in [6, 6.07) is 7.82. The SMILES string of the molecule is CCCC(C)(N)C(=O)Nc1ccc(COC2CCCC2)cc1.Cl. The summed E-state index contributed by atoms with van der Waals surface area (Å²) in [5.74, 6) is -0.135. The largest absolute Gasteiger partial charge is 0.374 e. The topological polar surface area (TPSA) is 64.4 Å². The van der Waals surface area contributed by atoms with Gasteiger partial charge in [0.25, 0.3) is 0 Å². The van der Waals surface area contributed by atoms with Crippen molar-refractivity contribution < 1.29 is 9.53 Å². The van der Waals surface area contributed by atoms with Gasteiger partial charge in [0.15, 0.2) is 0 Å². The molecule has 1 fully saturated rings. The van der Waals surface area contributed by atoms with E-state index in [1.165, 1.54) is 25.7 Å². The summed E-state index contributed by atoms with van der Waals surface area (Å²) in [7, 11) is 0. The van der Waals surface area contributed by atoms with Gasteiger partial charge >= 0.3 is 0 Å². The van der Waals surface area contributed by atoms with Crippen LogP contribution in [0.25, 0.3) is 0 Å². The summed E-state index contributed by atoms with van der Waals surface area (Å²) in [6.45, 7) is 4.44. The molecule has 0 bridgehead atoms. The normalized spacial score (nSPS) is 17.3. The highest BCUT2D eigenvalue weighted by molar-refractivity contribution is 5.97. The van der Waals surface area contributed by atoms with E-state index < -0.39 is 5.54 Å². The van der Waals surface area contributed by atoms with Crippen molar-refractivity contribution >= 4 is 24.0 Å². The molecule has 0 radical (unpaired) electrons. The molecule has 1 aromatic rings. The van der Waals surface area contributed by atoms with Gasteiger partial charge in [0.1, 0.15) is 0 Å². The maximum absolute atomic E-state index is 12.1. The van der Waals surface area contributed by atoms with Gasteiger partial charge in [-0.3, -0.25) is 4.79 Å². The monoisotopic (exact) mass is 340 g/mol. The van der Waals surface area contributed by atoms with Crippen LogP contribution in [-0.2, 0) is 16.1 Å². The summed E-state index contributed by atoms with van der Waals surface area (Å²) >= 11 is 0. The van der Waals surface area contributed by atoms with Crippen molar-refractivity contribution in [1.82, 2.24) is 0 Å². The van der Waals surface area contributed by atoms with Crippen molar-refractivity contribution in [3.8, 4) is 0 Å². The van der Waals surface area contributed by atoms with Gasteiger partial charge in [-0.2, -0.15) is 0 Å². The first-order valence-electron chi connectivity index (χ1n) is 8.32. The third-order valence-electron chi connectivity index (χ3n) is 4.29. The van der Waals surface area contributed by atoms with Crippen LogP contribution in [0.2, 0.25) is 0 Å². The second-order valence-electron chi connectivity index (χ2n) is 6.54. The van der Waals surface area contributed by atoms with E-state index in [9.17, 15) is 4.79 Å². The molecule has 5 heteroatoms. The molecule has 0 heterocycles. The minimum absolute atomic E-state index is 0. The van der Waals surface area contributed by atoms with Crippen molar-refractivity contribution in [2.24, 2.45) is 5.73 Å². The average Bonchev–Trinajstić information content (AvgIpc) is 3.00. The number of amides is 1. The van der Waals surface area contributed by atoms with Gasteiger partial charge in [0.05, 0.1) is 18.2 Å². The summed E-state index contributed by atoms with van der Waals surface area (Å²) in [4.78, 5) is 12.1. The number of rotatable bonds is 7. The maximum Gasteiger partial charge on any atom is 0.244 e. The quantitative estimate of drug-likeness (QED) is 0.787. The van der Waals surface area contributed by atoms with E-state index in [2.05, 4.69) is 5.32 Å². The molecule has 0 spiro atoms. The molecule has 1 saturated carbocycles. The standard InChI is InChI=1S/C18H28N2O2.ClH/c1-3-12-18(2,19)17(21)20-15-10-8-14(9-11-15)13-22-16-6-4-5-7-16;/h8-11,16H,3-7,12-13,19H2,1-2H3,(H,20,21);1H. The third-order valence-corrected chi connectivity index (χ3v) is 4.29. The summed E-state index contributed by atoms with van der Waals surface area (Å²) < 4.78 is 5.89. The van der Waals surface area contributed by atoms with Crippen molar-refractivity contribution in [2.45, 2.75) is 70.6 Å². The molecule has 1 aliphatic rings. The molecule has 23 heavy (non-hydrogen) atoms. The molecule has 3 N–H and O–H groups in total. The Labute approximate surface area is 145 Å². The van der Waals surface area contributed by atoms with Crippen LogP contribution in [-0.4, -0.2) is 17.6 Å². The second kappa shape index (κ2) is 9.26. The molecule has 0 aromatic heterocycles. The first kappa shape index (κ1) is 19.9. The zero-order chi connectivity index (χ0) is 16.0. The minimum Gasteiger partial charge on any atom is -0.374 e. The number of nitrogens with two attached hydrogens (primary N) is 1. The highest BCUT2D eigenvalue weighted by Gasteiger charge is 2.27. The highest BCUT2D eigenvalue weighted by Crippen LogP contribution is 2.22. The predicted molar refractivity (Wildman–Crippen MR) is 96.9 cm³/mol. The first-order valence-corrected chi connectivity index (χ1v) is 8.32. The van der Waals surface area contributed by atoms with Crippen molar-refractivity contribution in [1.29, 1.82) is 0 Å². The molecule has 2 rings (SSSR count). The van der Waals surface area contributed by atoms with Gasteiger partial charge in [-0.1, -0.05) is 38.3 Å². The number of benzene rings is 1. The van der Waals surface area contributed by atoms with Gasteiger partial charge in [-0.15, -0.1) is 12.4 Å². The van der Waals surface area contributed by atoms with Crippen LogP contribution in [0.1, 0.15) is 57.9 Å². The van der Waals surface area contributed by atoms with Gasteiger partial charge in [0.2, 0.25) is 5.91 Å². The number of ether oxygens (including phenoxy) is 1. The van der Waals surface area contributed by atoms with Crippen molar-refractivity contribution in [3.05, 3.63) is 29.8 Å². The molecule has 1 aliphatic carbocycles. The van der Waals surface area contributed by atoms with E-state index in [0.29, 0.717) is 19.1 Å². The van der Waals surface area contributed by atoms with Crippen LogP contribution < -0.4 is 11.1 Å². The summed E-state index contributed by atoms with van der Waals surface area (Å²) in [5, 5.41) is 2.89. The molecule has 0 saturated heterocycles. The van der Waals surface area contributed by atoms with Gasteiger partial charge in [0, 0.05) is 5.69 Å². The Bertz CT molecular complexity index is 482. The fourth-order valence-electron chi connectivity index (χ4n) is 2.86. The molecule has 1 atom stereocenters. The van der Waals surface area contributed by atoms with E-state index in [-0.39, 0.29) is 18.3 Å². The first-order chi connectivity index (χ1) is 10.5. The Kier molecular flexibility index (Phi) is 8.03. The lowest BCUT2D eigenvalue weighted by Crippen LogP contribution is -2.48. The van der Waals surface area contributed by atoms with E-state index >= 15 is 0 Å². The number of nitrogens with one attached hydrogen (secondary N) is 1. The molecule has 130 valence electrons. The second-order valence-corrected chi connectivity index (χ2v) is 6.54. The third kappa shape index (κ3) is 6.13. The van der Waals surface area contributed by atoms with E-state index in [0.717, 1.165) is 17.7 Å². The van der Waals surface area contributed by atoms with Gasteiger partial charge < -0.3 is 15.8 Å². The number of hydrogen-bond acceptors (Lipinski definition) is 3. The van der Waals surface area contributed by atoms with E-state index in [1.54, 1.807) is 6.92 Å². The minimum atomic E-state index is -0.820. The summed E-state index contributed by atoms with van der Waals surface area (Å²) in [6.07, 6.45) is 6.91. The fourth-order valence-corrected chi connectivity index (χ4v) is 2.86. The van der Waals surface area contributed by atoms with Crippen LogP contribution in [0.15, 0.2) is 24.3 Å². The molecule has 0 aliphatic heterocycles. The van der Waals surface area contributed by atoms with Crippen LogP contribution in [0.5, 0.6) is 0 Å². The van der Waals surface area contributed by atoms with Crippen LogP contribution in [0.4, 0.5) is 5.69 Å². The number of hydrogen-bond donors (Lipinski definition) is 2. The smallest absolute Gasteiger partial charge is 0.244 e. The fraction of sp³-hybridized carbons (Fsp3) is 0.611. The van der Waals surface area contributed by atoms with Gasteiger partial charge in [-0.25, -0.2) is 0 Å². The maximum atomic E-state index is 12.1. The van der Waals surface area contributed by atoms with Crippen molar-refractivity contribution in [2.75, 3.05) is 5.32 Å². The summed E-state index contributed by atoms with van der Waals surface area (Å²) in [5.41, 5.74) is 7.13. The number of anilines is 1. The Morgan fingerprint density at radius 2 is 1.91 bits per heavy atom. The molecule has 4 nitrogen and oxygen atoms in total. The zero-order valence-electron chi connectivity index (χ0n) is 14.1. The van der Waals surface area contributed by atoms with Gasteiger partial charge in [-0.05, 0) is 43.9 Å².